The van der Waals surface area contributed by atoms with Gasteiger partial charge in [0, 0.05) is 18.4 Å². The van der Waals surface area contributed by atoms with Crippen molar-refractivity contribution < 1.29 is 8.42 Å². The van der Waals surface area contributed by atoms with Crippen molar-refractivity contribution in [2.75, 3.05) is 0 Å². The summed E-state index contributed by atoms with van der Waals surface area (Å²) in [4.78, 5) is 6.76. The van der Waals surface area contributed by atoms with Crippen LogP contribution in [0.2, 0.25) is 0 Å². The van der Waals surface area contributed by atoms with Crippen molar-refractivity contribution in [2.24, 2.45) is 11.7 Å². The predicted molar refractivity (Wildman–Crippen MR) is 71.3 cm³/mol. The summed E-state index contributed by atoms with van der Waals surface area (Å²) in [7, 11) is -3.62. The first-order valence-electron chi connectivity index (χ1n) is 6.34. The number of hydrogen-bond acceptors (Lipinski definition) is 4. The molecule has 1 aromatic rings. The van der Waals surface area contributed by atoms with Crippen LogP contribution < -0.4 is 10.5 Å². The fraction of sp³-hybridized carbons (Fsp3) is 0.636. The van der Waals surface area contributed by atoms with Crippen molar-refractivity contribution in [3.63, 3.8) is 0 Å². The minimum absolute atomic E-state index is 0.0454. The van der Waals surface area contributed by atoms with E-state index in [1.54, 1.807) is 0 Å². The second kappa shape index (κ2) is 5.30. The van der Waals surface area contributed by atoms with Gasteiger partial charge in [0.05, 0.1) is 12.0 Å². The second-order valence-electron chi connectivity index (χ2n) is 4.77. The molecule has 0 bridgehead atoms. The lowest BCUT2D eigenvalue weighted by atomic mass is 10.0. The molecule has 8 heteroatoms. The summed E-state index contributed by atoms with van der Waals surface area (Å²) in [6.45, 7) is 1.89. The third kappa shape index (κ3) is 2.95. The Kier molecular flexibility index (Phi) is 3.91. The molecular weight excluding hydrogens is 266 g/mol. The highest BCUT2D eigenvalue weighted by molar-refractivity contribution is 7.89. The number of aromatic nitrogens is 2. The number of H-pyrrole nitrogens is 1. The Labute approximate surface area is 112 Å². The topological polar surface area (TPSA) is 125 Å². The molecule has 0 aliphatic heterocycles. The molecule has 1 aromatic heterocycles. The first kappa shape index (κ1) is 14.0. The molecule has 1 heterocycles. The number of imidazole rings is 1. The van der Waals surface area contributed by atoms with Crippen LogP contribution in [-0.2, 0) is 16.4 Å². The van der Waals surface area contributed by atoms with Crippen molar-refractivity contribution in [2.45, 2.75) is 43.7 Å². The maximum Gasteiger partial charge on any atom is 0.257 e. The quantitative estimate of drug-likeness (QED) is 0.460. The van der Waals surface area contributed by atoms with E-state index in [4.69, 9.17) is 11.1 Å². The van der Waals surface area contributed by atoms with E-state index in [1.165, 1.54) is 6.20 Å². The molecule has 0 aromatic carbocycles. The van der Waals surface area contributed by atoms with Crippen molar-refractivity contribution >= 4 is 15.9 Å². The molecule has 1 aliphatic rings. The van der Waals surface area contributed by atoms with Crippen molar-refractivity contribution in [1.29, 1.82) is 5.41 Å². The number of nitrogens with two attached hydrogens (primary N) is 1. The van der Waals surface area contributed by atoms with Crippen LogP contribution in [0, 0.1) is 11.3 Å². The third-order valence-electron chi connectivity index (χ3n) is 3.45. The lowest BCUT2D eigenvalue weighted by Crippen LogP contribution is -2.42. The summed E-state index contributed by atoms with van der Waals surface area (Å²) in [5.41, 5.74) is 5.50. The normalized spacial score (nSPS) is 23.6. The van der Waals surface area contributed by atoms with E-state index in [0.29, 0.717) is 18.7 Å². The third-order valence-corrected chi connectivity index (χ3v) is 4.85. The molecule has 0 saturated heterocycles. The van der Waals surface area contributed by atoms with Gasteiger partial charge in [0.15, 0.2) is 5.03 Å². The van der Waals surface area contributed by atoms with Crippen LogP contribution in [0.15, 0.2) is 11.2 Å². The molecule has 2 atom stereocenters. The molecule has 2 rings (SSSR count). The highest BCUT2D eigenvalue weighted by Gasteiger charge is 2.33. The van der Waals surface area contributed by atoms with E-state index < -0.39 is 10.0 Å². The minimum Gasteiger partial charge on any atom is -0.387 e. The summed E-state index contributed by atoms with van der Waals surface area (Å²) in [5.74, 6) is 0.474. The van der Waals surface area contributed by atoms with Crippen LogP contribution in [-0.4, -0.2) is 30.3 Å². The lowest BCUT2D eigenvalue weighted by Gasteiger charge is -2.19. The summed E-state index contributed by atoms with van der Waals surface area (Å²) < 4.78 is 27.0. The molecular formula is C11H19N5O2S. The maximum atomic E-state index is 12.2. The van der Waals surface area contributed by atoms with Crippen LogP contribution in [0.1, 0.15) is 32.0 Å². The first-order chi connectivity index (χ1) is 8.94. The Balaban J connectivity index is 2.15. The van der Waals surface area contributed by atoms with Crippen molar-refractivity contribution in [1.82, 2.24) is 14.7 Å². The lowest BCUT2D eigenvalue weighted by molar-refractivity contribution is 0.519. The van der Waals surface area contributed by atoms with Crippen molar-refractivity contribution in [3.8, 4) is 0 Å². The Hall–Kier alpha value is -1.41. The Morgan fingerprint density at radius 1 is 1.63 bits per heavy atom. The molecule has 106 valence electrons. The zero-order valence-corrected chi connectivity index (χ0v) is 11.6. The summed E-state index contributed by atoms with van der Waals surface area (Å²) in [6, 6.07) is -0.295. The first-order valence-corrected chi connectivity index (χ1v) is 7.82. The van der Waals surface area contributed by atoms with E-state index in [2.05, 4.69) is 14.7 Å². The molecule has 5 N–H and O–H groups in total. The average molecular weight is 285 g/mol. The van der Waals surface area contributed by atoms with Gasteiger partial charge < -0.3 is 10.7 Å². The van der Waals surface area contributed by atoms with Gasteiger partial charge in [-0.3, -0.25) is 5.41 Å². The fourth-order valence-corrected chi connectivity index (χ4v) is 3.65. The van der Waals surface area contributed by atoms with Gasteiger partial charge in [0.25, 0.3) is 10.0 Å². The summed E-state index contributed by atoms with van der Waals surface area (Å²) in [6.07, 6.45) is 4.30. The molecule has 7 nitrogen and oxygen atoms in total. The van der Waals surface area contributed by atoms with Gasteiger partial charge in [0.2, 0.25) is 0 Å². The Morgan fingerprint density at radius 2 is 2.37 bits per heavy atom. The van der Waals surface area contributed by atoms with Crippen LogP contribution in [0.3, 0.4) is 0 Å². The van der Waals surface area contributed by atoms with E-state index in [1.807, 2.05) is 6.92 Å². The Morgan fingerprint density at radius 3 is 2.95 bits per heavy atom. The molecule has 1 aliphatic carbocycles. The van der Waals surface area contributed by atoms with Gasteiger partial charge in [-0.05, 0) is 12.8 Å². The van der Waals surface area contributed by atoms with Gasteiger partial charge in [-0.2, -0.15) is 0 Å². The minimum atomic E-state index is -3.62. The molecule has 0 spiro atoms. The highest BCUT2D eigenvalue weighted by Crippen LogP contribution is 2.26. The SMILES string of the molecule is CCc1ncc(S(=O)(=O)NC2CCCC2C(=N)N)[nH]1. The van der Waals surface area contributed by atoms with E-state index in [9.17, 15) is 8.42 Å². The largest absolute Gasteiger partial charge is 0.387 e. The van der Waals surface area contributed by atoms with Gasteiger partial charge in [-0.15, -0.1) is 0 Å². The van der Waals surface area contributed by atoms with Crippen molar-refractivity contribution in [3.05, 3.63) is 12.0 Å². The molecule has 0 amide bonds. The zero-order chi connectivity index (χ0) is 14.0. The number of nitrogens with one attached hydrogen (secondary N) is 3. The number of hydrogen-bond donors (Lipinski definition) is 4. The number of nitrogens with zero attached hydrogens (tertiary/aromatic N) is 1. The van der Waals surface area contributed by atoms with E-state index in [-0.39, 0.29) is 22.8 Å². The summed E-state index contributed by atoms with van der Waals surface area (Å²) in [5, 5.41) is 7.56. The van der Waals surface area contributed by atoms with E-state index >= 15 is 0 Å². The molecule has 1 fully saturated rings. The monoisotopic (exact) mass is 285 g/mol. The molecule has 2 unspecified atom stereocenters. The smallest absolute Gasteiger partial charge is 0.257 e. The van der Waals surface area contributed by atoms with Gasteiger partial charge in [-0.1, -0.05) is 13.3 Å². The van der Waals surface area contributed by atoms with Crippen LogP contribution in [0.5, 0.6) is 0 Å². The number of aromatic amines is 1. The number of aryl methyl sites for hydroxylation is 1. The molecule has 1 saturated carbocycles. The van der Waals surface area contributed by atoms with E-state index in [0.717, 1.165) is 12.8 Å². The van der Waals surface area contributed by atoms with Gasteiger partial charge in [-0.25, -0.2) is 18.1 Å². The number of amidine groups is 1. The second-order valence-corrected chi connectivity index (χ2v) is 6.45. The van der Waals surface area contributed by atoms with Gasteiger partial charge >= 0.3 is 0 Å². The standard InChI is InChI=1S/C11H19N5O2S/c1-2-9-14-6-10(15-9)19(17,18)16-8-5-3-4-7(8)11(12)13/h6-8,16H,2-5H2,1H3,(H3,12,13)(H,14,15). The van der Waals surface area contributed by atoms with Crippen LogP contribution in [0.4, 0.5) is 0 Å². The van der Waals surface area contributed by atoms with Crippen LogP contribution >= 0.6 is 0 Å². The number of rotatable bonds is 5. The maximum absolute atomic E-state index is 12.2. The highest BCUT2D eigenvalue weighted by atomic mass is 32.2. The van der Waals surface area contributed by atoms with Crippen LogP contribution in [0.25, 0.3) is 0 Å². The molecule has 0 radical (unpaired) electrons. The predicted octanol–water partition coefficient (Wildman–Crippen LogP) is 0.355. The number of sulfonamides is 1. The van der Waals surface area contributed by atoms with Gasteiger partial charge in [0.1, 0.15) is 5.82 Å². The molecule has 19 heavy (non-hydrogen) atoms. The zero-order valence-electron chi connectivity index (χ0n) is 10.8. The average Bonchev–Trinajstić information content (AvgIpc) is 2.95. The Bertz CT molecular complexity index is 565. The summed E-state index contributed by atoms with van der Waals surface area (Å²) >= 11 is 0. The fourth-order valence-electron chi connectivity index (χ4n) is 2.40.